The average Bonchev–Trinajstić information content (AvgIpc) is 2.91. The van der Waals surface area contributed by atoms with Crippen molar-refractivity contribution in [1.29, 1.82) is 0 Å². The molecule has 0 aliphatic rings. The number of hydrogen-bond acceptors (Lipinski definition) is 1. The zero-order valence-electron chi connectivity index (χ0n) is 12.4. The van der Waals surface area contributed by atoms with Gasteiger partial charge in [-0.25, -0.2) is 8.78 Å². The Kier molecular flexibility index (Phi) is 4.09. The van der Waals surface area contributed by atoms with Crippen molar-refractivity contribution >= 4 is 10.9 Å². The van der Waals surface area contributed by atoms with Gasteiger partial charge in [-0.1, -0.05) is 13.3 Å². The standard InChI is InChI=1S/C18H17F2NO/c1-2-3-10-22-18-11-13-8-9-21(17(13)12-16(18)20)15-6-4-14(19)5-7-15/h4-9,11-12H,2-3,10H2,1H3. The van der Waals surface area contributed by atoms with E-state index in [-0.39, 0.29) is 17.4 Å². The molecule has 0 atom stereocenters. The Morgan fingerprint density at radius 1 is 1.05 bits per heavy atom. The van der Waals surface area contributed by atoms with Crippen LogP contribution in [0.3, 0.4) is 0 Å². The Bertz CT molecular complexity index is 778. The Hall–Kier alpha value is -2.36. The number of halogens is 2. The molecule has 0 saturated carbocycles. The number of fused-ring (bicyclic) bond motifs is 1. The van der Waals surface area contributed by atoms with Crippen molar-refractivity contribution in [2.45, 2.75) is 19.8 Å². The second-order valence-corrected chi connectivity index (χ2v) is 5.21. The first kappa shape index (κ1) is 14.6. The maximum absolute atomic E-state index is 14.2. The summed E-state index contributed by atoms with van der Waals surface area (Å²) in [6, 6.07) is 11.2. The van der Waals surface area contributed by atoms with Crippen molar-refractivity contribution in [3.8, 4) is 11.4 Å². The van der Waals surface area contributed by atoms with Crippen molar-refractivity contribution in [1.82, 2.24) is 4.57 Å². The summed E-state index contributed by atoms with van der Waals surface area (Å²) in [4.78, 5) is 0. The molecule has 2 aromatic carbocycles. The molecule has 0 amide bonds. The largest absolute Gasteiger partial charge is 0.490 e. The van der Waals surface area contributed by atoms with Gasteiger partial charge in [0.2, 0.25) is 0 Å². The molecular formula is C18H17F2NO. The van der Waals surface area contributed by atoms with Crippen LogP contribution in [-0.4, -0.2) is 11.2 Å². The molecule has 22 heavy (non-hydrogen) atoms. The maximum Gasteiger partial charge on any atom is 0.167 e. The smallest absolute Gasteiger partial charge is 0.167 e. The van der Waals surface area contributed by atoms with Crippen LogP contribution in [0.4, 0.5) is 8.78 Å². The van der Waals surface area contributed by atoms with Gasteiger partial charge in [-0.15, -0.1) is 0 Å². The van der Waals surface area contributed by atoms with Crippen LogP contribution in [0.25, 0.3) is 16.6 Å². The van der Waals surface area contributed by atoms with Gasteiger partial charge in [0.25, 0.3) is 0 Å². The normalized spacial score (nSPS) is 11.0. The number of unbranched alkanes of at least 4 members (excludes halogenated alkanes) is 1. The van der Waals surface area contributed by atoms with Gasteiger partial charge in [0.15, 0.2) is 11.6 Å². The van der Waals surface area contributed by atoms with Crippen LogP contribution >= 0.6 is 0 Å². The fraction of sp³-hybridized carbons (Fsp3) is 0.222. The van der Waals surface area contributed by atoms with E-state index in [0.29, 0.717) is 6.61 Å². The molecule has 0 radical (unpaired) electrons. The lowest BCUT2D eigenvalue weighted by atomic mass is 10.2. The third-order valence-corrected chi connectivity index (χ3v) is 3.60. The molecule has 2 nitrogen and oxygen atoms in total. The molecule has 0 saturated heterocycles. The van der Waals surface area contributed by atoms with Crippen LogP contribution in [0.1, 0.15) is 19.8 Å². The van der Waals surface area contributed by atoms with Gasteiger partial charge in [-0.05, 0) is 42.8 Å². The summed E-state index contributed by atoms with van der Waals surface area (Å²) in [6.07, 6.45) is 3.74. The lowest BCUT2D eigenvalue weighted by molar-refractivity contribution is 0.295. The molecule has 1 heterocycles. The van der Waals surface area contributed by atoms with Crippen LogP contribution < -0.4 is 4.74 Å². The van der Waals surface area contributed by atoms with E-state index in [1.807, 2.05) is 16.8 Å². The molecule has 114 valence electrons. The predicted molar refractivity (Wildman–Crippen MR) is 83.6 cm³/mol. The molecule has 3 aromatic rings. The minimum atomic E-state index is -0.384. The summed E-state index contributed by atoms with van der Waals surface area (Å²) in [7, 11) is 0. The van der Waals surface area contributed by atoms with Crippen molar-refractivity contribution in [2.24, 2.45) is 0 Å². The van der Waals surface area contributed by atoms with E-state index in [1.54, 1.807) is 18.2 Å². The monoisotopic (exact) mass is 301 g/mol. The summed E-state index contributed by atoms with van der Waals surface area (Å²) < 4.78 is 34.5. The zero-order chi connectivity index (χ0) is 15.5. The fourth-order valence-corrected chi connectivity index (χ4v) is 2.40. The molecule has 3 rings (SSSR count). The van der Waals surface area contributed by atoms with E-state index in [9.17, 15) is 8.78 Å². The predicted octanol–water partition coefficient (Wildman–Crippen LogP) is 5.09. The molecule has 0 fully saturated rings. The van der Waals surface area contributed by atoms with E-state index in [0.717, 1.165) is 29.4 Å². The molecule has 0 aliphatic carbocycles. The Morgan fingerprint density at radius 3 is 2.55 bits per heavy atom. The number of aromatic nitrogens is 1. The first-order valence-corrected chi connectivity index (χ1v) is 7.38. The van der Waals surface area contributed by atoms with Crippen LogP contribution in [0, 0.1) is 11.6 Å². The van der Waals surface area contributed by atoms with Crippen LogP contribution in [0.2, 0.25) is 0 Å². The lowest BCUT2D eigenvalue weighted by Crippen LogP contribution is -1.99. The lowest BCUT2D eigenvalue weighted by Gasteiger charge is -2.09. The molecule has 0 spiro atoms. The third kappa shape index (κ3) is 2.82. The zero-order valence-corrected chi connectivity index (χ0v) is 12.4. The summed E-state index contributed by atoms with van der Waals surface area (Å²) in [5.74, 6) is -0.401. The van der Waals surface area contributed by atoms with Crippen molar-refractivity contribution < 1.29 is 13.5 Å². The summed E-state index contributed by atoms with van der Waals surface area (Å²) >= 11 is 0. The Labute approximate surface area is 127 Å². The van der Waals surface area contributed by atoms with Crippen molar-refractivity contribution in [3.63, 3.8) is 0 Å². The Morgan fingerprint density at radius 2 is 1.82 bits per heavy atom. The highest BCUT2D eigenvalue weighted by atomic mass is 19.1. The number of nitrogens with zero attached hydrogens (tertiary/aromatic N) is 1. The molecular weight excluding hydrogens is 284 g/mol. The number of hydrogen-bond donors (Lipinski definition) is 0. The van der Waals surface area contributed by atoms with E-state index in [2.05, 4.69) is 6.92 Å². The van der Waals surface area contributed by atoms with Crippen molar-refractivity contribution in [2.75, 3.05) is 6.61 Å². The highest BCUT2D eigenvalue weighted by molar-refractivity contribution is 5.83. The second kappa shape index (κ2) is 6.18. The van der Waals surface area contributed by atoms with Crippen molar-refractivity contribution in [3.05, 3.63) is 60.3 Å². The minimum absolute atomic E-state index is 0.276. The average molecular weight is 301 g/mol. The molecule has 0 N–H and O–H groups in total. The highest BCUT2D eigenvalue weighted by Gasteiger charge is 2.10. The molecule has 1 aromatic heterocycles. The number of benzene rings is 2. The van der Waals surface area contributed by atoms with E-state index < -0.39 is 0 Å². The van der Waals surface area contributed by atoms with Gasteiger partial charge in [0, 0.05) is 23.3 Å². The van der Waals surface area contributed by atoms with Crippen LogP contribution in [0.5, 0.6) is 5.75 Å². The van der Waals surface area contributed by atoms with E-state index in [1.165, 1.54) is 18.2 Å². The Balaban J connectivity index is 1.97. The quantitative estimate of drug-likeness (QED) is 0.599. The third-order valence-electron chi connectivity index (χ3n) is 3.60. The highest BCUT2D eigenvalue weighted by Crippen LogP contribution is 2.28. The van der Waals surface area contributed by atoms with Crippen LogP contribution in [-0.2, 0) is 0 Å². The van der Waals surface area contributed by atoms with Gasteiger partial charge in [0.05, 0.1) is 12.1 Å². The molecule has 4 heteroatoms. The molecule has 0 bridgehead atoms. The summed E-state index contributed by atoms with van der Waals surface area (Å²) in [5, 5.41) is 0.886. The molecule has 0 aliphatic heterocycles. The fourth-order valence-electron chi connectivity index (χ4n) is 2.40. The second-order valence-electron chi connectivity index (χ2n) is 5.21. The van der Waals surface area contributed by atoms with Gasteiger partial charge < -0.3 is 9.30 Å². The summed E-state index contributed by atoms with van der Waals surface area (Å²) in [5.41, 5.74) is 1.52. The van der Waals surface area contributed by atoms with Gasteiger partial charge in [-0.2, -0.15) is 0 Å². The van der Waals surface area contributed by atoms with Crippen LogP contribution in [0.15, 0.2) is 48.7 Å². The van der Waals surface area contributed by atoms with Gasteiger partial charge in [-0.3, -0.25) is 0 Å². The van der Waals surface area contributed by atoms with Gasteiger partial charge >= 0.3 is 0 Å². The molecule has 0 unspecified atom stereocenters. The first-order valence-electron chi connectivity index (χ1n) is 7.38. The topological polar surface area (TPSA) is 14.2 Å². The number of ether oxygens (including phenoxy) is 1. The van der Waals surface area contributed by atoms with Gasteiger partial charge in [0.1, 0.15) is 5.82 Å². The van der Waals surface area contributed by atoms with E-state index >= 15 is 0 Å². The first-order chi connectivity index (χ1) is 10.7. The SMILES string of the molecule is CCCCOc1cc2ccn(-c3ccc(F)cc3)c2cc1F. The summed E-state index contributed by atoms with van der Waals surface area (Å²) in [6.45, 7) is 2.57. The van der Waals surface area contributed by atoms with E-state index in [4.69, 9.17) is 4.74 Å². The minimum Gasteiger partial charge on any atom is -0.490 e. The number of rotatable bonds is 5. The maximum atomic E-state index is 14.2.